The van der Waals surface area contributed by atoms with E-state index < -0.39 is 0 Å². The predicted molar refractivity (Wildman–Crippen MR) is 98.0 cm³/mol. The van der Waals surface area contributed by atoms with Crippen molar-refractivity contribution in [3.8, 4) is 11.1 Å². The molecule has 1 aliphatic carbocycles. The van der Waals surface area contributed by atoms with Crippen LogP contribution in [0.5, 0.6) is 0 Å². The molecule has 0 saturated heterocycles. The Kier molecular flexibility index (Phi) is 3.08. The topological polar surface area (TPSA) is 95.9 Å². The monoisotopic (exact) mass is 333 g/mol. The molecule has 25 heavy (non-hydrogen) atoms. The Bertz CT molecular complexity index is 1070. The van der Waals surface area contributed by atoms with E-state index in [4.69, 9.17) is 15.9 Å². The van der Waals surface area contributed by atoms with Crippen molar-refractivity contribution in [2.75, 3.05) is 12.3 Å². The Morgan fingerprint density at radius 2 is 2.08 bits per heavy atom. The van der Waals surface area contributed by atoms with E-state index in [0.29, 0.717) is 17.8 Å². The van der Waals surface area contributed by atoms with Crippen molar-refractivity contribution in [3.05, 3.63) is 43.1 Å². The van der Waals surface area contributed by atoms with Crippen LogP contribution in [0.25, 0.3) is 33.1 Å². The molecule has 0 spiro atoms. The van der Waals surface area contributed by atoms with Gasteiger partial charge < -0.3 is 20.5 Å². The fraction of sp³-hybridized carbons (Fsp3) is 0.263. The fourth-order valence-corrected chi connectivity index (χ4v) is 3.85. The first-order valence-electron chi connectivity index (χ1n) is 8.53. The summed E-state index contributed by atoms with van der Waals surface area (Å²) in [6.07, 6.45) is 7.56. The highest BCUT2D eigenvalue weighted by molar-refractivity contribution is 6.01. The summed E-state index contributed by atoms with van der Waals surface area (Å²) >= 11 is 0. The molecule has 4 N–H and O–H groups in total. The first-order chi connectivity index (χ1) is 12.2. The van der Waals surface area contributed by atoms with Crippen LogP contribution in [0.2, 0.25) is 0 Å². The molecule has 0 amide bonds. The number of anilines is 1. The number of rotatable bonds is 3. The SMILES string of the molecule is NCC1CC(n2cc(-c3ccc4ccoc4c3)c3c(N)ncnc32)C1. The number of hydrogen-bond acceptors (Lipinski definition) is 5. The average molecular weight is 333 g/mol. The van der Waals surface area contributed by atoms with Crippen LogP contribution in [-0.4, -0.2) is 21.1 Å². The molecule has 6 heteroatoms. The van der Waals surface area contributed by atoms with Gasteiger partial charge in [0.05, 0.1) is 11.6 Å². The van der Waals surface area contributed by atoms with E-state index in [1.54, 1.807) is 6.26 Å². The predicted octanol–water partition coefficient (Wildman–Crippen LogP) is 3.34. The summed E-state index contributed by atoms with van der Waals surface area (Å²) < 4.78 is 7.79. The molecule has 0 aliphatic heterocycles. The van der Waals surface area contributed by atoms with Gasteiger partial charge >= 0.3 is 0 Å². The summed E-state index contributed by atoms with van der Waals surface area (Å²) in [5.74, 6) is 1.11. The summed E-state index contributed by atoms with van der Waals surface area (Å²) in [6.45, 7) is 0.745. The Hall–Kier alpha value is -2.86. The van der Waals surface area contributed by atoms with E-state index >= 15 is 0 Å². The fourth-order valence-electron chi connectivity index (χ4n) is 3.85. The van der Waals surface area contributed by atoms with Crippen molar-refractivity contribution < 1.29 is 4.42 Å². The smallest absolute Gasteiger partial charge is 0.146 e. The number of hydrogen-bond donors (Lipinski definition) is 2. The molecule has 0 bridgehead atoms. The molecule has 1 fully saturated rings. The lowest BCUT2D eigenvalue weighted by molar-refractivity contribution is 0.209. The van der Waals surface area contributed by atoms with Gasteiger partial charge in [-0.05, 0) is 43.0 Å². The Morgan fingerprint density at radius 1 is 1.20 bits per heavy atom. The Labute approximate surface area is 144 Å². The first kappa shape index (κ1) is 14.5. The molecule has 0 atom stereocenters. The number of benzene rings is 1. The van der Waals surface area contributed by atoms with Crippen molar-refractivity contribution in [3.63, 3.8) is 0 Å². The lowest BCUT2D eigenvalue weighted by Gasteiger charge is -2.35. The molecule has 1 aromatic carbocycles. The second kappa shape index (κ2) is 5.32. The van der Waals surface area contributed by atoms with Gasteiger partial charge in [0.15, 0.2) is 0 Å². The molecule has 4 aromatic rings. The Morgan fingerprint density at radius 3 is 2.92 bits per heavy atom. The minimum Gasteiger partial charge on any atom is -0.464 e. The maximum atomic E-state index is 6.21. The molecular formula is C19H19N5O. The van der Waals surface area contributed by atoms with Gasteiger partial charge in [0.25, 0.3) is 0 Å². The number of furan rings is 1. The van der Waals surface area contributed by atoms with Gasteiger partial charge in [-0.1, -0.05) is 12.1 Å². The van der Waals surface area contributed by atoms with Gasteiger partial charge in [-0.25, -0.2) is 9.97 Å². The minimum atomic E-state index is 0.423. The molecule has 3 heterocycles. The molecule has 1 saturated carbocycles. The zero-order valence-corrected chi connectivity index (χ0v) is 13.7. The van der Waals surface area contributed by atoms with Crippen LogP contribution >= 0.6 is 0 Å². The summed E-state index contributed by atoms with van der Waals surface area (Å²) in [6, 6.07) is 8.58. The Balaban J connectivity index is 1.69. The number of nitrogen functional groups attached to an aromatic ring is 1. The third-order valence-corrected chi connectivity index (χ3v) is 5.34. The van der Waals surface area contributed by atoms with Crippen LogP contribution in [0, 0.1) is 5.92 Å². The van der Waals surface area contributed by atoms with Gasteiger partial charge in [-0.3, -0.25) is 0 Å². The summed E-state index contributed by atoms with van der Waals surface area (Å²) in [5.41, 5.74) is 15.8. The van der Waals surface area contributed by atoms with Gasteiger partial charge in [0.2, 0.25) is 0 Å². The standard InChI is InChI=1S/C19H19N5O/c20-8-11-5-14(6-11)24-9-15(17-18(21)22-10-23-19(17)24)13-2-1-12-3-4-25-16(12)7-13/h1-4,7,9-11,14H,5-6,8,20H2,(H2,21,22,23). The van der Waals surface area contributed by atoms with Gasteiger partial charge in [0.1, 0.15) is 23.4 Å². The zero-order chi connectivity index (χ0) is 17.0. The average Bonchev–Trinajstić information content (AvgIpc) is 3.19. The summed E-state index contributed by atoms with van der Waals surface area (Å²) in [4.78, 5) is 8.71. The number of fused-ring (bicyclic) bond motifs is 2. The third-order valence-electron chi connectivity index (χ3n) is 5.34. The molecule has 0 unspecified atom stereocenters. The first-order valence-corrected chi connectivity index (χ1v) is 8.53. The lowest BCUT2D eigenvalue weighted by atomic mass is 9.80. The van der Waals surface area contributed by atoms with Crippen LogP contribution in [0.1, 0.15) is 18.9 Å². The van der Waals surface area contributed by atoms with E-state index in [-0.39, 0.29) is 0 Å². The van der Waals surface area contributed by atoms with Crippen LogP contribution < -0.4 is 11.5 Å². The van der Waals surface area contributed by atoms with Crippen molar-refractivity contribution in [2.45, 2.75) is 18.9 Å². The molecular weight excluding hydrogens is 314 g/mol. The van der Waals surface area contributed by atoms with Crippen LogP contribution in [0.3, 0.4) is 0 Å². The van der Waals surface area contributed by atoms with Gasteiger partial charge in [-0.15, -0.1) is 0 Å². The van der Waals surface area contributed by atoms with Crippen molar-refractivity contribution in [2.24, 2.45) is 11.7 Å². The van der Waals surface area contributed by atoms with Gasteiger partial charge in [-0.2, -0.15) is 0 Å². The summed E-state index contributed by atoms with van der Waals surface area (Å²) in [5, 5.41) is 1.99. The highest BCUT2D eigenvalue weighted by Crippen LogP contribution is 2.42. The molecule has 5 rings (SSSR count). The highest BCUT2D eigenvalue weighted by atomic mass is 16.3. The highest BCUT2D eigenvalue weighted by Gasteiger charge is 2.31. The molecule has 1 aliphatic rings. The van der Waals surface area contributed by atoms with Crippen LogP contribution in [0.15, 0.2) is 47.5 Å². The van der Waals surface area contributed by atoms with Crippen molar-refractivity contribution in [1.82, 2.24) is 14.5 Å². The molecule has 0 radical (unpaired) electrons. The maximum absolute atomic E-state index is 6.21. The summed E-state index contributed by atoms with van der Waals surface area (Å²) in [7, 11) is 0. The second-order valence-corrected chi connectivity index (χ2v) is 6.81. The zero-order valence-electron chi connectivity index (χ0n) is 13.7. The van der Waals surface area contributed by atoms with Crippen molar-refractivity contribution in [1.29, 1.82) is 0 Å². The third kappa shape index (κ3) is 2.14. The number of aromatic nitrogens is 3. The van der Waals surface area contributed by atoms with E-state index in [2.05, 4.69) is 32.9 Å². The van der Waals surface area contributed by atoms with E-state index in [1.807, 2.05) is 12.1 Å². The molecule has 126 valence electrons. The minimum absolute atomic E-state index is 0.423. The molecule has 6 nitrogen and oxygen atoms in total. The largest absolute Gasteiger partial charge is 0.464 e. The van der Waals surface area contributed by atoms with Gasteiger partial charge in [0, 0.05) is 23.2 Å². The second-order valence-electron chi connectivity index (χ2n) is 6.81. The molecule has 3 aromatic heterocycles. The number of nitrogens with zero attached hydrogens (tertiary/aromatic N) is 3. The lowest BCUT2D eigenvalue weighted by Crippen LogP contribution is -2.31. The van der Waals surface area contributed by atoms with E-state index in [1.165, 1.54) is 6.33 Å². The van der Waals surface area contributed by atoms with Crippen LogP contribution in [-0.2, 0) is 0 Å². The van der Waals surface area contributed by atoms with Crippen LogP contribution in [0.4, 0.5) is 5.82 Å². The maximum Gasteiger partial charge on any atom is 0.146 e. The van der Waals surface area contributed by atoms with E-state index in [9.17, 15) is 0 Å². The quantitative estimate of drug-likeness (QED) is 0.599. The van der Waals surface area contributed by atoms with E-state index in [0.717, 1.165) is 52.5 Å². The number of nitrogens with two attached hydrogens (primary N) is 2. The normalized spacial score (nSPS) is 20.2. The van der Waals surface area contributed by atoms with Crippen molar-refractivity contribution >= 4 is 27.8 Å².